The number of rotatable bonds is 5. The number of nitro benzene ring substituents is 1. The predicted molar refractivity (Wildman–Crippen MR) is 71.6 cm³/mol. The van der Waals surface area contributed by atoms with Crippen LogP contribution in [0.25, 0.3) is 0 Å². The van der Waals surface area contributed by atoms with Gasteiger partial charge in [0, 0.05) is 23.0 Å². The van der Waals surface area contributed by atoms with Crippen LogP contribution in [0.2, 0.25) is 0 Å². The van der Waals surface area contributed by atoms with Crippen molar-refractivity contribution in [3.63, 3.8) is 0 Å². The fourth-order valence-corrected chi connectivity index (χ4v) is 2.57. The van der Waals surface area contributed by atoms with Crippen molar-refractivity contribution in [3.05, 3.63) is 50.1 Å². The molecule has 1 aliphatic rings. The quantitative estimate of drug-likeness (QED) is 0.601. The second-order valence-corrected chi connectivity index (χ2v) is 4.84. The molecule has 1 fully saturated rings. The molecule has 2 rings (SSSR count). The highest BCUT2D eigenvalue weighted by Gasteiger charge is 2.38. The van der Waals surface area contributed by atoms with E-state index >= 15 is 0 Å². The van der Waals surface area contributed by atoms with E-state index in [0.717, 1.165) is 0 Å². The molecule has 0 amide bonds. The number of carbonyl (C=O) groups excluding carboxylic acids is 1. The molecule has 1 heterocycles. The van der Waals surface area contributed by atoms with E-state index in [1.807, 2.05) is 0 Å². The standard InChI is InChI=1S/C13H14N2O6/c16-13-5-6-21-8-11(13)10(7-14(17)18)9-3-1-2-4-12(9)15(19)20/h1-4,10-11H,5-8H2. The van der Waals surface area contributed by atoms with Crippen LogP contribution in [-0.2, 0) is 9.53 Å². The van der Waals surface area contributed by atoms with E-state index in [4.69, 9.17) is 4.74 Å². The van der Waals surface area contributed by atoms with Crippen molar-refractivity contribution in [2.75, 3.05) is 19.8 Å². The topological polar surface area (TPSA) is 113 Å². The van der Waals surface area contributed by atoms with Crippen molar-refractivity contribution in [2.24, 2.45) is 5.92 Å². The molecule has 8 nitrogen and oxygen atoms in total. The molecule has 0 N–H and O–H groups in total. The molecule has 8 heteroatoms. The Balaban J connectivity index is 2.42. The Morgan fingerprint density at radius 1 is 1.29 bits per heavy atom. The zero-order chi connectivity index (χ0) is 15.4. The molecular formula is C13H14N2O6. The minimum atomic E-state index is -0.852. The molecular weight excluding hydrogens is 280 g/mol. The second kappa shape index (κ2) is 6.40. The summed E-state index contributed by atoms with van der Waals surface area (Å²) in [6, 6.07) is 5.82. The lowest BCUT2D eigenvalue weighted by molar-refractivity contribution is -0.485. The van der Waals surface area contributed by atoms with Gasteiger partial charge in [-0.1, -0.05) is 18.2 Å². The second-order valence-electron chi connectivity index (χ2n) is 4.84. The van der Waals surface area contributed by atoms with Crippen molar-refractivity contribution in [1.29, 1.82) is 0 Å². The molecule has 2 unspecified atom stereocenters. The maximum absolute atomic E-state index is 12.0. The van der Waals surface area contributed by atoms with Crippen LogP contribution in [0.4, 0.5) is 5.69 Å². The van der Waals surface area contributed by atoms with Gasteiger partial charge in [0.15, 0.2) is 0 Å². The van der Waals surface area contributed by atoms with E-state index in [1.165, 1.54) is 18.2 Å². The van der Waals surface area contributed by atoms with E-state index in [-0.39, 0.29) is 36.7 Å². The third-order valence-electron chi connectivity index (χ3n) is 3.57. The first-order valence-electron chi connectivity index (χ1n) is 6.46. The first-order chi connectivity index (χ1) is 10.0. The van der Waals surface area contributed by atoms with Crippen molar-refractivity contribution in [3.8, 4) is 0 Å². The highest BCUT2D eigenvalue weighted by atomic mass is 16.6. The molecule has 2 atom stereocenters. The smallest absolute Gasteiger partial charge is 0.273 e. The van der Waals surface area contributed by atoms with Crippen molar-refractivity contribution in [1.82, 2.24) is 0 Å². The number of carbonyl (C=O) groups is 1. The maximum Gasteiger partial charge on any atom is 0.273 e. The number of nitrogens with zero attached hydrogens (tertiary/aromatic N) is 2. The first kappa shape index (κ1) is 15.0. The number of nitro groups is 2. The van der Waals surface area contributed by atoms with E-state index in [1.54, 1.807) is 6.07 Å². The summed E-state index contributed by atoms with van der Waals surface area (Å²) in [5.41, 5.74) is 0.00535. The lowest BCUT2D eigenvalue weighted by Gasteiger charge is -2.26. The Morgan fingerprint density at radius 2 is 2.00 bits per heavy atom. The summed E-state index contributed by atoms with van der Waals surface area (Å²) in [6.07, 6.45) is 0.180. The molecule has 1 aliphatic heterocycles. The summed E-state index contributed by atoms with van der Waals surface area (Å²) in [4.78, 5) is 32.9. The molecule has 112 valence electrons. The Hall–Kier alpha value is -2.35. The minimum Gasteiger partial charge on any atom is -0.380 e. The summed E-state index contributed by atoms with van der Waals surface area (Å²) in [7, 11) is 0. The van der Waals surface area contributed by atoms with Crippen LogP contribution < -0.4 is 0 Å². The van der Waals surface area contributed by atoms with E-state index in [2.05, 4.69) is 0 Å². The summed E-state index contributed by atoms with van der Waals surface area (Å²) in [5, 5.41) is 22.0. The third-order valence-corrected chi connectivity index (χ3v) is 3.57. The maximum atomic E-state index is 12.0. The fourth-order valence-electron chi connectivity index (χ4n) is 2.57. The molecule has 0 radical (unpaired) electrons. The van der Waals surface area contributed by atoms with Gasteiger partial charge in [-0.05, 0) is 0 Å². The predicted octanol–water partition coefficient (Wildman–Crippen LogP) is 1.56. The molecule has 1 aromatic rings. The third kappa shape index (κ3) is 3.40. The van der Waals surface area contributed by atoms with Gasteiger partial charge in [-0.15, -0.1) is 0 Å². The van der Waals surface area contributed by atoms with Gasteiger partial charge in [-0.2, -0.15) is 0 Å². The number of benzene rings is 1. The number of para-hydroxylation sites is 1. The zero-order valence-electron chi connectivity index (χ0n) is 11.1. The summed E-state index contributed by atoms with van der Waals surface area (Å²) < 4.78 is 5.22. The van der Waals surface area contributed by atoms with Gasteiger partial charge in [-0.3, -0.25) is 25.0 Å². The van der Waals surface area contributed by atoms with Crippen molar-refractivity contribution < 1.29 is 19.4 Å². The molecule has 0 bridgehead atoms. The lowest BCUT2D eigenvalue weighted by Crippen LogP contribution is -2.35. The Bertz CT molecular complexity index is 574. The SMILES string of the molecule is O=C1CCOCC1C(C[N+](=O)[O-])c1ccccc1[N+](=O)[O-]. The number of ether oxygens (including phenoxy) is 1. The van der Waals surface area contributed by atoms with E-state index < -0.39 is 28.2 Å². The fraction of sp³-hybridized carbons (Fsp3) is 0.462. The number of hydrogen-bond acceptors (Lipinski definition) is 6. The molecule has 0 saturated carbocycles. The van der Waals surface area contributed by atoms with E-state index in [0.29, 0.717) is 0 Å². The summed E-state index contributed by atoms with van der Waals surface area (Å²) in [5.74, 6) is -1.72. The van der Waals surface area contributed by atoms with Crippen LogP contribution in [0.5, 0.6) is 0 Å². The molecule has 0 spiro atoms. The van der Waals surface area contributed by atoms with Crippen LogP contribution in [0.15, 0.2) is 24.3 Å². The van der Waals surface area contributed by atoms with Crippen LogP contribution in [0.1, 0.15) is 17.9 Å². The Kier molecular flexibility index (Phi) is 4.59. The largest absolute Gasteiger partial charge is 0.380 e. The van der Waals surface area contributed by atoms with Crippen LogP contribution in [0, 0.1) is 26.1 Å². The Morgan fingerprint density at radius 3 is 2.62 bits per heavy atom. The molecule has 21 heavy (non-hydrogen) atoms. The normalized spacial score (nSPS) is 20.0. The molecule has 1 saturated heterocycles. The molecule has 0 aromatic heterocycles. The zero-order valence-corrected chi connectivity index (χ0v) is 11.1. The summed E-state index contributed by atoms with van der Waals surface area (Å²) in [6.45, 7) is -0.189. The highest BCUT2D eigenvalue weighted by molar-refractivity contribution is 5.83. The molecule has 1 aromatic carbocycles. The highest BCUT2D eigenvalue weighted by Crippen LogP contribution is 2.34. The van der Waals surface area contributed by atoms with Gasteiger partial charge in [0.05, 0.1) is 30.0 Å². The van der Waals surface area contributed by atoms with Gasteiger partial charge in [-0.25, -0.2) is 0 Å². The monoisotopic (exact) mass is 294 g/mol. The van der Waals surface area contributed by atoms with Crippen LogP contribution >= 0.6 is 0 Å². The lowest BCUT2D eigenvalue weighted by atomic mass is 9.81. The van der Waals surface area contributed by atoms with Crippen molar-refractivity contribution in [2.45, 2.75) is 12.3 Å². The number of hydrogen-bond donors (Lipinski definition) is 0. The van der Waals surface area contributed by atoms with Crippen LogP contribution in [0.3, 0.4) is 0 Å². The first-order valence-corrected chi connectivity index (χ1v) is 6.46. The number of Topliss-reactive ketones (excluding diaryl/α,β-unsaturated/α-hetero) is 1. The van der Waals surface area contributed by atoms with Crippen LogP contribution in [-0.4, -0.2) is 35.4 Å². The average Bonchev–Trinajstić information content (AvgIpc) is 2.45. The Labute approximate surface area is 120 Å². The molecule has 0 aliphatic carbocycles. The van der Waals surface area contributed by atoms with E-state index in [9.17, 15) is 25.0 Å². The van der Waals surface area contributed by atoms with Gasteiger partial charge >= 0.3 is 0 Å². The minimum absolute atomic E-state index is 0.0589. The number of ketones is 1. The van der Waals surface area contributed by atoms with Gasteiger partial charge in [0.1, 0.15) is 5.78 Å². The van der Waals surface area contributed by atoms with Gasteiger partial charge in [0.25, 0.3) is 5.69 Å². The van der Waals surface area contributed by atoms with Gasteiger partial charge in [0.2, 0.25) is 6.54 Å². The van der Waals surface area contributed by atoms with Gasteiger partial charge < -0.3 is 4.74 Å². The van der Waals surface area contributed by atoms with Crippen molar-refractivity contribution >= 4 is 11.5 Å². The summed E-state index contributed by atoms with van der Waals surface area (Å²) >= 11 is 0. The average molecular weight is 294 g/mol.